The SMILES string of the molecule is Cc1ccc(Cl)cc1NC(=O)COc1cccc(/C=C2\SC(=S)N([C@H](C)c3ccccc3)C2=O)c1. The number of benzene rings is 3. The van der Waals surface area contributed by atoms with Crippen LogP contribution in [0.15, 0.2) is 77.7 Å². The summed E-state index contributed by atoms with van der Waals surface area (Å²) in [6.07, 6.45) is 1.79. The predicted octanol–water partition coefficient (Wildman–Crippen LogP) is 6.63. The zero-order chi connectivity index (χ0) is 24.9. The average Bonchev–Trinajstić information content (AvgIpc) is 3.13. The van der Waals surface area contributed by atoms with Crippen LogP contribution < -0.4 is 10.1 Å². The number of hydrogen-bond acceptors (Lipinski definition) is 5. The molecule has 0 aliphatic carbocycles. The van der Waals surface area contributed by atoms with Crippen LogP contribution in [-0.2, 0) is 9.59 Å². The highest BCUT2D eigenvalue weighted by molar-refractivity contribution is 8.26. The summed E-state index contributed by atoms with van der Waals surface area (Å²) in [5.74, 6) is 0.0975. The van der Waals surface area contributed by atoms with Crippen molar-refractivity contribution in [2.24, 2.45) is 0 Å². The Bertz CT molecular complexity index is 1310. The van der Waals surface area contributed by atoms with Crippen LogP contribution in [0.1, 0.15) is 29.7 Å². The maximum absolute atomic E-state index is 13.1. The third-order valence-corrected chi connectivity index (χ3v) is 7.06. The zero-order valence-electron chi connectivity index (χ0n) is 19.2. The van der Waals surface area contributed by atoms with Gasteiger partial charge in [-0.05, 0) is 60.9 Å². The number of thiocarbonyl (C=S) groups is 1. The van der Waals surface area contributed by atoms with Crippen LogP contribution in [0.25, 0.3) is 6.08 Å². The van der Waals surface area contributed by atoms with Gasteiger partial charge in [0.1, 0.15) is 10.1 Å². The van der Waals surface area contributed by atoms with Gasteiger partial charge in [0, 0.05) is 10.7 Å². The van der Waals surface area contributed by atoms with Crippen LogP contribution in [0.4, 0.5) is 5.69 Å². The molecule has 1 heterocycles. The fourth-order valence-corrected chi connectivity index (χ4v) is 5.19. The summed E-state index contributed by atoms with van der Waals surface area (Å²) in [6, 6.07) is 22.2. The lowest BCUT2D eigenvalue weighted by Gasteiger charge is -2.23. The van der Waals surface area contributed by atoms with Gasteiger partial charge in [-0.1, -0.05) is 84.1 Å². The van der Waals surface area contributed by atoms with Crippen molar-refractivity contribution < 1.29 is 14.3 Å². The number of ether oxygens (including phenoxy) is 1. The minimum atomic E-state index is -0.295. The lowest BCUT2D eigenvalue weighted by molar-refractivity contribution is -0.123. The molecule has 0 spiro atoms. The molecular weight excluding hydrogens is 500 g/mol. The summed E-state index contributed by atoms with van der Waals surface area (Å²) in [7, 11) is 0. The second-order valence-electron chi connectivity index (χ2n) is 8.01. The van der Waals surface area contributed by atoms with Crippen molar-refractivity contribution in [2.45, 2.75) is 19.9 Å². The lowest BCUT2D eigenvalue weighted by atomic mass is 10.1. The molecule has 178 valence electrons. The largest absolute Gasteiger partial charge is 0.484 e. The van der Waals surface area contributed by atoms with Gasteiger partial charge < -0.3 is 10.1 Å². The number of thioether (sulfide) groups is 1. The summed E-state index contributed by atoms with van der Waals surface area (Å²) in [4.78, 5) is 27.7. The molecule has 4 rings (SSSR count). The molecule has 3 aromatic carbocycles. The molecule has 1 fully saturated rings. The monoisotopic (exact) mass is 522 g/mol. The molecule has 0 unspecified atom stereocenters. The molecule has 35 heavy (non-hydrogen) atoms. The van der Waals surface area contributed by atoms with E-state index in [-0.39, 0.29) is 24.5 Å². The number of halogens is 1. The topological polar surface area (TPSA) is 58.6 Å². The number of carbonyl (C=O) groups excluding carboxylic acids is 2. The maximum Gasteiger partial charge on any atom is 0.266 e. The first-order valence-electron chi connectivity index (χ1n) is 10.9. The van der Waals surface area contributed by atoms with Crippen molar-refractivity contribution in [3.63, 3.8) is 0 Å². The van der Waals surface area contributed by atoms with E-state index in [1.807, 2.05) is 62.4 Å². The normalized spacial score (nSPS) is 15.4. The second kappa shape index (κ2) is 11.1. The smallest absolute Gasteiger partial charge is 0.266 e. The summed E-state index contributed by atoms with van der Waals surface area (Å²) < 4.78 is 6.20. The lowest BCUT2D eigenvalue weighted by Crippen LogP contribution is -2.30. The Hall–Kier alpha value is -3.13. The summed E-state index contributed by atoms with van der Waals surface area (Å²) >= 11 is 12.8. The highest BCUT2D eigenvalue weighted by Gasteiger charge is 2.35. The van der Waals surface area contributed by atoms with Gasteiger partial charge in [0.25, 0.3) is 11.8 Å². The molecule has 3 aromatic rings. The second-order valence-corrected chi connectivity index (χ2v) is 10.1. The van der Waals surface area contributed by atoms with E-state index in [4.69, 9.17) is 28.6 Å². The first-order chi connectivity index (χ1) is 16.8. The Morgan fingerprint density at radius 1 is 1.14 bits per heavy atom. The Labute approximate surface area is 219 Å². The van der Waals surface area contributed by atoms with Gasteiger partial charge in [0.05, 0.1) is 10.9 Å². The fraction of sp³-hybridized carbons (Fsp3) is 0.148. The number of nitrogens with zero attached hydrogens (tertiary/aromatic N) is 1. The molecule has 8 heteroatoms. The summed E-state index contributed by atoms with van der Waals surface area (Å²) in [5, 5.41) is 3.35. The van der Waals surface area contributed by atoms with Gasteiger partial charge in [-0.2, -0.15) is 0 Å². The Balaban J connectivity index is 1.42. The molecule has 0 bridgehead atoms. The zero-order valence-corrected chi connectivity index (χ0v) is 21.5. The molecular formula is C27H23ClN2O3S2. The van der Waals surface area contributed by atoms with E-state index < -0.39 is 0 Å². The molecule has 5 nitrogen and oxygen atoms in total. The highest BCUT2D eigenvalue weighted by atomic mass is 35.5. The van der Waals surface area contributed by atoms with Crippen molar-refractivity contribution in [2.75, 3.05) is 11.9 Å². The number of amides is 2. The molecule has 0 saturated carbocycles. The molecule has 2 amide bonds. The van der Waals surface area contributed by atoms with Crippen LogP contribution in [0.3, 0.4) is 0 Å². The number of rotatable bonds is 7. The number of aryl methyl sites for hydroxylation is 1. The van der Waals surface area contributed by atoms with Gasteiger partial charge in [-0.15, -0.1) is 0 Å². The van der Waals surface area contributed by atoms with E-state index in [9.17, 15) is 9.59 Å². The molecule has 1 N–H and O–H groups in total. The van der Waals surface area contributed by atoms with Gasteiger partial charge in [0.15, 0.2) is 6.61 Å². The predicted molar refractivity (Wildman–Crippen MR) is 147 cm³/mol. The Morgan fingerprint density at radius 3 is 2.69 bits per heavy atom. The number of nitrogens with one attached hydrogen (secondary N) is 1. The van der Waals surface area contributed by atoms with Crippen molar-refractivity contribution in [3.8, 4) is 5.75 Å². The first-order valence-corrected chi connectivity index (χ1v) is 12.5. The van der Waals surface area contributed by atoms with E-state index in [1.165, 1.54) is 11.8 Å². The molecule has 1 aliphatic heterocycles. The third kappa shape index (κ3) is 6.11. The summed E-state index contributed by atoms with van der Waals surface area (Å²) in [5.41, 5.74) is 3.35. The Morgan fingerprint density at radius 2 is 1.91 bits per heavy atom. The van der Waals surface area contributed by atoms with Crippen LogP contribution in [0.2, 0.25) is 5.02 Å². The van der Waals surface area contributed by atoms with Crippen molar-refractivity contribution in [3.05, 3.63) is 99.4 Å². The highest BCUT2D eigenvalue weighted by Crippen LogP contribution is 2.38. The fourth-order valence-electron chi connectivity index (χ4n) is 3.60. The van der Waals surface area contributed by atoms with Gasteiger partial charge in [-0.25, -0.2) is 0 Å². The van der Waals surface area contributed by atoms with E-state index in [0.29, 0.717) is 25.7 Å². The van der Waals surface area contributed by atoms with Crippen molar-refractivity contribution in [1.82, 2.24) is 4.90 Å². The van der Waals surface area contributed by atoms with Crippen molar-refractivity contribution in [1.29, 1.82) is 0 Å². The molecule has 1 saturated heterocycles. The molecule has 0 aromatic heterocycles. The number of anilines is 1. The Kier molecular flexibility index (Phi) is 7.90. The van der Waals surface area contributed by atoms with Gasteiger partial charge >= 0.3 is 0 Å². The number of carbonyl (C=O) groups is 2. The van der Waals surface area contributed by atoms with Crippen LogP contribution >= 0.6 is 35.6 Å². The first kappa shape index (κ1) is 25.0. The van der Waals surface area contributed by atoms with Crippen LogP contribution in [0, 0.1) is 6.92 Å². The van der Waals surface area contributed by atoms with Crippen LogP contribution in [0.5, 0.6) is 5.75 Å². The molecule has 0 radical (unpaired) electrons. The molecule has 1 atom stereocenters. The quantitative estimate of drug-likeness (QED) is 0.279. The van der Waals surface area contributed by atoms with Crippen molar-refractivity contribution >= 4 is 63.5 Å². The minimum Gasteiger partial charge on any atom is -0.484 e. The van der Waals surface area contributed by atoms with Gasteiger partial charge in [-0.3, -0.25) is 14.5 Å². The van der Waals surface area contributed by atoms with E-state index >= 15 is 0 Å². The summed E-state index contributed by atoms with van der Waals surface area (Å²) in [6.45, 7) is 3.69. The average molecular weight is 523 g/mol. The van der Waals surface area contributed by atoms with Crippen LogP contribution in [-0.4, -0.2) is 27.6 Å². The number of hydrogen-bond donors (Lipinski definition) is 1. The van der Waals surface area contributed by atoms with Gasteiger partial charge in [0.2, 0.25) is 0 Å². The molecule has 1 aliphatic rings. The minimum absolute atomic E-state index is 0.126. The van der Waals surface area contributed by atoms with E-state index in [0.717, 1.165) is 16.7 Å². The van der Waals surface area contributed by atoms with E-state index in [2.05, 4.69) is 5.32 Å². The maximum atomic E-state index is 13.1. The van der Waals surface area contributed by atoms with E-state index in [1.54, 1.807) is 35.2 Å². The third-order valence-electron chi connectivity index (χ3n) is 5.49. The standard InChI is InChI=1S/C27H23ClN2O3S2/c1-17-11-12-21(28)15-23(17)29-25(31)16-33-22-10-6-7-19(13-22)14-24-26(32)30(27(34)35-24)18(2)20-8-4-3-5-9-20/h3-15,18H,16H2,1-2H3,(H,29,31)/b24-14-/t18-/m1/s1.